The van der Waals surface area contributed by atoms with E-state index in [2.05, 4.69) is 28.6 Å². The van der Waals surface area contributed by atoms with Gasteiger partial charge in [0.05, 0.1) is 6.61 Å². The minimum atomic E-state index is -0.246. The molecule has 2 amide bonds. The highest BCUT2D eigenvalue weighted by atomic mass is 35.5. The van der Waals surface area contributed by atoms with E-state index in [0.717, 1.165) is 35.5 Å². The second-order valence-electron chi connectivity index (χ2n) is 6.91. The molecule has 3 rings (SSSR count). The molecule has 1 aliphatic heterocycles. The van der Waals surface area contributed by atoms with Gasteiger partial charge in [-0.1, -0.05) is 35.3 Å². The predicted octanol–water partition coefficient (Wildman–Crippen LogP) is 4.73. The fraction of sp³-hybridized carbons (Fsp3) is 0.381. The number of urea groups is 1. The highest BCUT2D eigenvalue weighted by molar-refractivity contribution is 6.35. The van der Waals surface area contributed by atoms with Gasteiger partial charge in [0.15, 0.2) is 0 Å². The van der Waals surface area contributed by atoms with Gasteiger partial charge in [-0.25, -0.2) is 4.79 Å². The van der Waals surface area contributed by atoms with Crippen LogP contribution in [-0.2, 0) is 11.3 Å². The summed E-state index contributed by atoms with van der Waals surface area (Å²) in [5, 5.41) is 7.01. The first kappa shape index (κ1) is 20.9. The van der Waals surface area contributed by atoms with Crippen LogP contribution in [-0.4, -0.2) is 44.3 Å². The van der Waals surface area contributed by atoms with Gasteiger partial charge >= 0.3 is 6.03 Å². The van der Waals surface area contributed by atoms with Crippen LogP contribution in [0.15, 0.2) is 36.4 Å². The lowest BCUT2D eigenvalue weighted by atomic mass is 9.84. The second-order valence-corrected chi connectivity index (χ2v) is 7.75. The molecule has 2 aromatic rings. The molecule has 0 spiro atoms. The number of likely N-dealkylation sites (N-methyl/N-ethyl adjacent to an activating group) is 1. The number of fused-ring (bicyclic) bond motifs is 1. The smallest absolute Gasteiger partial charge is 0.319 e. The Bertz CT molecular complexity index is 844. The zero-order valence-corrected chi connectivity index (χ0v) is 17.6. The summed E-state index contributed by atoms with van der Waals surface area (Å²) in [5.74, 6) is 0.132. The Hall–Kier alpha value is -1.79. The van der Waals surface area contributed by atoms with Crippen molar-refractivity contribution in [2.24, 2.45) is 0 Å². The summed E-state index contributed by atoms with van der Waals surface area (Å²) in [4.78, 5) is 14.3. The largest absolute Gasteiger partial charge is 0.380 e. The number of anilines is 1. The number of amides is 2. The third kappa shape index (κ3) is 5.17. The molecule has 1 heterocycles. The molecule has 1 unspecified atom stereocenters. The molecule has 0 fully saturated rings. The van der Waals surface area contributed by atoms with Crippen molar-refractivity contribution in [1.82, 2.24) is 10.2 Å². The maximum Gasteiger partial charge on any atom is 0.319 e. The van der Waals surface area contributed by atoms with Crippen LogP contribution in [0.1, 0.15) is 29.5 Å². The molecular formula is C21H25Cl2N3O2. The van der Waals surface area contributed by atoms with Gasteiger partial charge in [0.25, 0.3) is 0 Å². The Morgan fingerprint density at radius 1 is 1.29 bits per heavy atom. The summed E-state index contributed by atoms with van der Waals surface area (Å²) < 4.78 is 5.23. The van der Waals surface area contributed by atoms with Gasteiger partial charge in [-0.15, -0.1) is 0 Å². The van der Waals surface area contributed by atoms with Crippen LogP contribution in [0, 0.1) is 0 Å². The molecule has 1 atom stereocenters. The average Bonchev–Trinajstić information content (AvgIpc) is 2.65. The molecule has 28 heavy (non-hydrogen) atoms. The average molecular weight is 422 g/mol. The Morgan fingerprint density at radius 2 is 2.11 bits per heavy atom. The topological polar surface area (TPSA) is 53.6 Å². The van der Waals surface area contributed by atoms with Crippen molar-refractivity contribution >= 4 is 34.9 Å². The first-order chi connectivity index (χ1) is 13.5. The summed E-state index contributed by atoms with van der Waals surface area (Å²) in [6.07, 6.45) is 0. The maximum atomic E-state index is 12.1. The van der Waals surface area contributed by atoms with Gasteiger partial charge in [-0.2, -0.15) is 0 Å². The van der Waals surface area contributed by atoms with Gasteiger partial charge in [0, 0.05) is 47.9 Å². The summed E-state index contributed by atoms with van der Waals surface area (Å²) in [7, 11) is 2.08. The van der Waals surface area contributed by atoms with Crippen LogP contribution in [0.25, 0.3) is 0 Å². The van der Waals surface area contributed by atoms with E-state index in [9.17, 15) is 4.79 Å². The number of rotatable bonds is 6. The number of hydrogen-bond acceptors (Lipinski definition) is 3. The van der Waals surface area contributed by atoms with E-state index in [0.29, 0.717) is 29.8 Å². The van der Waals surface area contributed by atoms with Gasteiger partial charge < -0.3 is 20.3 Å². The SMILES string of the molecule is CCOCCNC(=O)Nc1cccc(C2CN(C)Cc3c(Cl)cc(Cl)cc32)c1. The zero-order chi connectivity index (χ0) is 20.1. The Balaban J connectivity index is 1.78. The van der Waals surface area contributed by atoms with Crippen LogP contribution in [0.3, 0.4) is 0 Å². The van der Waals surface area contributed by atoms with Crippen LogP contribution in [0.4, 0.5) is 10.5 Å². The fourth-order valence-corrected chi connectivity index (χ4v) is 4.09. The lowest BCUT2D eigenvalue weighted by Crippen LogP contribution is -2.32. The summed E-state index contributed by atoms with van der Waals surface area (Å²) in [6.45, 7) is 5.17. The normalized spacial score (nSPS) is 16.5. The first-order valence-corrected chi connectivity index (χ1v) is 10.1. The molecule has 2 N–H and O–H groups in total. The monoisotopic (exact) mass is 421 g/mol. The number of carbonyl (C=O) groups is 1. The molecule has 2 aromatic carbocycles. The molecule has 0 bridgehead atoms. The highest BCUT2D eigenvalue weighted by Crippen LogP contribution is 2.38. The lowest BCUT2D eigenvalue weighted by molar-refractivity contribution is 0.150. The quantitative estimate of drug-likeness (QED) is 0.662. The first-order valence-electron chi connectivity index (χ1n) is 9.36. The number of halogens is 2. The summed E-state index contributed by atoms with van der Waals surface area (Å²) in [5.41, 5.74) is 4.11. The van der Waals surface area contributed by atoms with Crippen LogP contribution in [0.2, 0.25) is 10.0 Å². The van der Waals surface area contributed by atoms with Crippen molar-refractivity contribution in [2.45, 2.75) is 19.4 Å². The lowest BCUT2D eigenvalue weighted by Gasteiger charge is -2.33. The number of nitrogens with one attached hydrogen (secondary N) is 2. The Morgan fingerprint density at radius 3 is 2.89 bits per heavy atom. The number of carbonyl (C=O) groups excluding carboxylic acids is 1. The molecule has 0 aliphatic carbocycles. The van der Waals surface area contributed by atoms with Crippen molar-refractivity contribution in [1.29, 1.82) is 0 Å². The van der Waals surface area contributed by atoms with Crippen molar-refractivity contribution < 1.29 is 9.53 Å². The van der Waals surface area contributed by atoms with Crippen molar-refractivity contribution in [3.05, 3.63) is 63.1 Å². The molecule has 5 nitrogen and oxygen atoms in total. The molecule has 0 saturated heterocycles. The van der Waals surface area contributed by atoms with Gasteiger partial charge in [0.1, 0.15) is 0 Å². The number of nitrogens with zero attached hydrogens (tertiary/aromatic N) is 1. The van der Waals surface area contributed by atoms with Gasteiger partial charge in [0.2, 0.25) is 0 Å². The van der Waals surface area contributed by atoms with Gasteiger partial charge in [-0.3, -0.25) is 0 Å². The van der Waals surface area contributed by atoms with Crippen LogP contribution >= 0.6 is 23.2 Å². The fourth-order valence-electron chi connectivity index (χ4n) is 3.52. The van der Waals surface area contributed by atoms with Gasteiger partial charge in [-0.05, 0) is 54.9 Å². The zero-order valence-electron chi connectivity index (χ0n) is 16.1. The molecule has 0 radical (unpaired) electrons. The summed E-state index contributed by atoms with van der Waals surface area (Å²) in [6, 6.07) is 11.5. The van der Waals surface area contributed by atoms with E-state index in [1.165, 1.54) is 0 Å². The molecular weight excluding hydrogens is 397 g/mol. The highest BCUT2D eigenvalue weighted by Gasteiger charge is 2.27. The van der Waals surface area contributed by atoms with Crippen molar-refractivity contribution in [3.63, 3.8) is 0 Å². The van der Waals surface area contributed by atoms with Crippen molar-refractivity contribution in [2.75, 3.05) is 38.7 Å². The molecule has 150 valence electrons. The number of ether oxygens (including phenoxy) is 1. The third-order valence-corrected chi connectivity index (χ3v) is 5.33. The van der Waals surface area contributed by atoms with Crippen LogP contribution < -0.4 is 10.6 Å². The van der Waals surface area contributed by atoms with Crippen LogP contribution in [0.5, 0.6) is 0 Å². The minimum Gasteiger partial charge on any atom is -0.380 e. The molecule has 1 aliphatic rings. The molecule has 0 saturated carbocycles. The number of hydrogen-bond donors (Lipinski definition) is 2. The van der Waals surface area contributed by atoms with E-state index < -0.39 is 0 Å². The third-order valence-electron chi connectivity index (χ3n) is 4.78. The predicted molar refractivity (Wildman–Crippen MR) is 115 cm³/mol. The maximum absolute atomic E-state index is 12.1. The summed E-state index contributed by atoms with van der Waals surface area (Å²) >= 11 is 12.7. The van der Waals surface area contributed by atoms with E-state index in [1.54, 1.807) is 6.07 Å². The van der Waals surface area contributed by atoms with E-state index in [-0.39, 0.29) is 11.9 Å². The van der Waals surface area contributed by atoms with E-state index >= 15 is 0 Å². The number of benzene rings is 2. The minimum absolute atomic E-state index is 0.132. The second kappa shape index (κ2) is 9.61. The Kier molecular flexibility index (Phi) is 7.18. The van der Waals surface area contributed by atoms with E-state index in [4.69, 9.17) is 27.9 Å². The van der Waals surface area contributed by atoms with Crippen molar-refractivity contribution in [3.8, 4) is 0 Å². The molecule has 7 heteroatoms. The Labute approximate surface area is 176 Å². The molecule has 0 aromatic heterocycles. The standard InChI is InChI=1S/C21H25Cl2N3O2/c1-3-28-8-7-24-21(27)25-16-6-4-5-14(9-16)18-12-26(2)13-19-17(18)10-15(22)11-20(19)23/h4-6,9-11,18H,3,7-8,12-13H2,1-2H3,(H2,24,25,27). The van der Waals surface area contributed by atoms with E-state index in [1.807, 2.05) is 31.2 Å².